The molecule has 0 spiro atoms. The molecule has 2 unspecified atom stereocenters. The van der Waals surface area contributed by atoms with Gasteiger partial charge in [0.1, 0.15) is 0 Å². The Morgan fingerprint density at radius 3 is 2.28 bits per heavy atom. The Labute approximate surface area is 147 Å². The van der Waals surface area contributed by atoms with E-state index in [1.807, 2.05) is 54.6 Å². The van der Waals surface area contributed by atoms with Gasteiger partial charge in [0, 0.05) is 5.69 Å². The Balaban J connectivity index is 1.66. The summed E-state index contributed by atoms with van der Waals surface area (Å²) in [5.74, 6) is -0.864. The molecule has 2 atom stereocenters. The van der Waals surface area contributed by atoms with Crippen molar-refractivity contribution in [3.8, 4) is 0 Å². The van der Waals surface area contributed by atoms with Gasteiger partial charge in [-0.05, 0) is 48.4 Å². The second-order valence-electron chi connectivity index (χ2n) is 6.86. The van der Waals surface area contributed by atoms with Gasteiger partial charge in [-0.2, -0.15) is 0 Å². The van der Waals surface area contributed by atoms with Gasteiger partial charge in [0.25, 0.3) is 0 Å². The summed E-state index contributed by atoms with van der Waals surface area (Å²) in [5.41, 5.74) is 2.77. The first kappa shape index (κ1) is 17.2. The summed E-state index contributed by atoms with van der Waals surface area (Å²) < 4.78 is 0. The maximum atomic E-state index is 12.8. The number of carboxylic acids is 1. The van der Waals surface area contributed by atoms with Crippen LogP contribution in [0.25, 0.3) is 0 Å². The molecule has 25 heavy (non-hydrogen) atoms. The molecule has 2 N–H and O–H groups in total. The van der Waals surface area contributed by atoms with Crippen LogP contribution in [0.4, 0.5) is 5.69 Å². The fourth-order valence-electron chi connectivity index (χ4n) is 3.11. The van der Waals surface area contributed by atoms with Crippen molar-refractivity contribution in [1.29, 1.82) is 0 Å². The van der Waals surface area contributed by atoms with Crippen LogP contribution in [0.2, 0.25) is 0 Å². The zero-order valence-electron chi connectivity index (χ0n) is 14.3. The molecule has 1 aliphatic rings. The first-order valence-corrected chi connectivity index (χ1v) is 8.72. The molecule has 130 valence electrons. The highest BCUT2D eigenvalue weighted by atomic mass is 16.4. The van der Waals surface area contributed by atoms with Gasteiger partial charge in [-0.1, -0.05) is 49.4 Å². The number of carbonyl (C=O) groups excluding carboxylic acids is 1. The Morgan fingerprint density at radius 2 is 1.72 bits per heavy atom. The Morgan fingerprint density at radius 1 is 1.08 bits per heavy atom. The van der Waals surface area contributed by atoms with E-state index < -0.39 is 11.9 Å². The van der Waals surface area contributed by atoms with E-state index in [-0.39, 0.29) is 11.8 Å². The highest BCUT2D eigenvalue weighted by Crippen LogP contribution is 2.43. The molecular formula is C21H23NO3. The van der Waals surface area contributed by atoms with Crippen molar-refractivity contribution in [1.82, 2.24) is 0 Å². The third kappa shape index (κ3) is 4.47. The quantitative estimate of drug-likeness (QED) is 0.800. The van der Waals surface area contributed by atoms with Crippen LogP contribution >= 0.6 is 0 Å². The molecule has 0 saturated heterocycles. The van der Waals surface area contributed by atoms with Crippen molar-refractivity contribution in [3.63, 3.8) is 0 Å². The van der Waals surface area contributed by atoms with Gasteiger partial charge in [-0.3, -0.25) is 9.59 Å². The minimum Gasteiger partial charge on any atom is -0.481 e. The number of carbonyl (C=O) groups is 2. The Hall–Kier alpha value is -2.62. The molecule has 1 amide bonds. The lowest BCUT2D eigenvalue weighted by Gasteiger charge is -2.17. The molecule has 0 aliphatic heterocycles. The standard InChI is InChI=1S/C21H23NO3/c1-14(21(24)25)13-15-7-11-18(12-8-15)22-20(23)19(17-9-10-17)16-5-3-2-4-6-16/h2-8,11-12,14,17,19H,9-10,13H2,1H3,(H,22,23)(H,24,25). The van der Waals surface area contributed by atoms with Crippen LogP contribution in [-0.2, 0) is 16.0 Å². The summed E-state index contributed by atoms with van der Waals surface area (Å²) in [6.07, 6.45) is 2.68. The highest BCUT2D eigenvalue weighted by Gasteiger charge is 2.37. The first-order valence-electron chi connectivity index (χ1n) is 8.72. The zero-order valence-corrected chi connectivity index (χ0v) is 14.3. The molecular weight excluding hydrogens is 314 g/mol. The van der Waals surface area contributed by atoms with Crippen LogP contribution in [0.5, 0.6) is 0 Å². The molecule has 3 rings (SSSR count). The number of hydrogen-bond donors (Lipinski definition) is 2. The van der Waals surface area contributed by atoms with Crippen LogP contribution in [0.3, 0.4) is 0 Å². The van der Waals surface area contributed by atoms with Crippen molar-refractivity contribution in [2.24, 2.45) is 11.8 Å². The zero-order chi connectivity index (χ0) is 17.8. The third-order valence-electron chi connectivity index (χ3n) is 4.72. The molecule has 4 heteroatoms. The summed E-state index contributed by atoms with van der Waals surface area (Å²) in [4.78, 5) is 23.7. The summed E-state index contributed by atoms with van der Waals surface area (Å²) in [7, 11) is 0. The average Bonchev–Trinajstić information content (AvgIpc) is 3.42. The smallest absolute Gasteiger partial charge is 0.306 e. The van der Waals surface area contributed by atoms with Crippen molar-refractivity contribution in [2.45, 2.75) is 32.1 Å². The highest BCUT2D eigenvalue weighted by molar-refractivity contribution is 5.96. The molecule has 4 nitrogen and oxygen atoms in total. The molecule has 0 aromatic heterocycles. The monoisotopic (exact) mass is 337 g/mol. The summed E-state index contributed by atoms with van der Waals surface area (Å²) >= 11 is 0. The van der Waals surface area contributed by atoms with E-state index in [1.165, 1.54) is 0 Å². The minimum absolute atomic E-state index is 0.0281. The number of nitrogens with one attached hydrogen (secondary N) is 1. The SMILES string of the molecule is CC(Cc1ccc(NC(=O)C(c2ccccc2)C2CC2)cc1)C(=O)O. The Kier molecular flexibility index (Phi) is 5.17. The largest absolute Gasteiger partial charge is 0.481 e. The van der Waals surface area contributed by atoms with Gasteiger partial charge in [-0.25, -0.2) is 0 Å². The second kappa shape index (κ2) is 7.51. The van der Waals surface area contributed by atoms with Crippen LogP contribution < -0.4 is 5.32 Å². The summed E-state index contributed by atoms with van der Waals surface area (Å²) in [6.45, 7) is 1.69. The maximum absolute atomic E-state index is 12.8. The molecule has 0 heterocycles. The average molecular weight is 337 g/mol. The molecule has 2 aromatic rings. The van der Waals surface area contributed by atoms with Gasteiger partial charge in [-0.15, -0.1) is 0 Å². The molecule has 0 bridgehead atoms. The van der Waals surface area contributed by atoms with Crippen LogP contribution in [0, 0.1) is 11.8 Å². The number of rotatable bonds is 7. The maximum Gasteiger partial charge on any atom is 0.306 e. The van der Waals surface area contributed by atoms with Crippen molar-refractivity contribution >= 4 is 17.6 Å². The van der Waals surface area contributed by atoms with Gasteiger partial charge >= 0.3 is 5.97 Å². The summed E-state index contributed by atoms with van der Waals surface area (Å²) in [6, 6.07) is 17.4. The van der Waals surface area contributed by atoms with Gasteiger partial charge in [0.15, 0.2) is 0 Å². The van der Waals surface area contributed by atoms with E-state index in [0.29, 0.717) is 12.3 Å². The minimum atomic E-state index is -0.799. The van der Waals surface area contributed by atoms with Crippen LogP contribution in [0.1, 0.15) is 36.8 Å². The number of amides is 1. The molecule has 0 radical (unpaired) electrons. The lowest BCUT2D eigenvalue weighted by Crippen LogP contribution is -2.22. The predicted molar refractivity (Wildman–Crippen MR) is 97.5 cm³/mol. The van der Waals surface area contributed by atoms with E-state index in [1.54, 1.807) is 6.92 Å². The first-order chi connectivity index (χ1) is 12.0. The third-order valence-corrected chi connectivity index (χ3v) is 4.72. The van der Waals surface area contributed by atoms with Gasteiger partial charge in [0.05, 0.1) is 11.8 Å². The fraction of sp³-hybridized carbons (Fsp3) is 0.333. The van der Waals surface area contributed by atoms with Crippen molar-refractivity contribution in [2.75, 3.05) is 5.32 Å². The van der Waals surface area contributed by atoms with E-state index >= 15 is 0 Å². The van der Waals surface area contributed by atoms with E-state index in [2.05, 4.69) is 5.32 Å². The second-order valence-corrected chi connectivity index (χ2v) is 6.86. The Bertz CT molecular complexity index is 735. The molecule has 1 saturated carbocycles. The van der Waals surface area contributed by atoms with E-state index in [4.69, 9.17) is 5.11 Å². The summed E-state index contributed by atoms with van der Waals surface area (Å²) in [5, 5.41) is 12.0. The molecule has 1 aliphatic carbocycles. The van der Waals surface area contributed by atoms with E-state index in [0.717, 1.165) is 29.7 Å². The fourth-order valence-corrected chi connectivity index (χ4v) is 3.11. The number of carboxylic acid groups (broad SMARTS) is 1. The van der Waals surface area contributed by atoms with Gasteiger partial charge < -0.3 is 10.4 Å². The number of hydrogen-bond acceptors (Lipinski definition) is 2. The molecule has 1 fully saturated rings. The number of aliphatic carboxylic acids is 1. The predicted octanol–water partition coefficient (Wildman–Crippen LogP) is 4.08. The number of anilines is 1. The van der Waals surface area contributed by atoms with Crippen molar-refractivity contribution < 1.29 is 14.7 Å². The lowest BCUT2D eigenvalue weighted by molar-refractivity contribution is -0.141. The number of benzene rings is 2. The van der Waals surface area contributed by atoms with Crippen LogP contribution in [0.15, 0.2) is 54.6 Å². The molecule has 2 aromatic carbocycles. The van der Waals surface area contributed by atoms with Crippen LogP contribution in [-0.4, -0.2) is 17.0 Å². The van der Waals surface area contributed by atoms with Crippen molar-refractivity contribution in [3.05, 3.63) is 65.7 Å². The topological polar surface area (TPSA) is 66.4 Å². The lowest BCUT2D eigenvalue weighted by atomic mass is 9.93. The normalized spacial score (nSPS) is 16.0. The van der Waals surface area contributed by atoms with E-state index in [9.17, 15) is 9.59 Å². The van der Waals surface area contributed by atoms with Gasteiger partial charge in [0.2, 0.25) is 5.91 Å².